The zero-order chi connectivity index (χ0) is 17.6. The van der Waals surface area contributed by atoms with Gasteiger partial charge in [-0.2, -0.15) is 0 Å². The van der Waals surface area contributed by atoms with Crippen molar-refractivity contribution in [2.24, 2.45) is 0 Å². The summed E-state index contributed by atoms with van der Waals surface area (Å²) >= 11 is 0. The lowest BCUT2D eigenvalue weighted by Gasteiger charge is -2.32. The lowest BCUT2D eigenvalue weighted by molar-refractivity contribution is -0.147. The van der Waals surface area contributed by atoms with Gasteiger partial charge in [0.15, 0.2) is 9.84 Å². The molecule has 0 bridgehead atoms. The van der Waals surface area contributed by atoms with Crippen LogP contribution in [-0.2, 0) is 14.6 Å². The molecule has 1 aromatic carbocycles. The van der Waals surface area contributed by atoms with E-state index < -0.39 is 27.3 Å². The Kier molecular flexibility index (Phi) is 4.28. The van der Waals surface area contributed by atoms with Crippen LogP contribution in [0.15, 0.2) is 17.0 Å². The number of sulfone groups is 1. The maximum absolute atomic E-state index is 12.9. The third-order valence-corrected chi connectivity index (χ3v) is 5.74. The van der Waals surface area contributed by atoms with Crippen molar-refractivity contribution in [1.82, 2.24) is 4.90 Å². The number of nitrogens with zero attached hydrogens (tertiary/aromatic N) is 1. The highest BCUT2D eigenvalue weighted by molar-refractivity contribution is 7.90. The molecule has 1 atom stereocenters. The molecule has 1 heterocycles. The van der Waals surface area contributed by atoms with E-state index in [1.54, 1.807) is 13.8 Å². The van der Waals surface area contributed by atoms with Gasteiger partial charge in [0, 0.05) is 18.4 Å². The molecule has 0 saturated carbocycles. The fourth-order valence-corrected chi connectivity index (χ4v) is 3.64. The minimum atomic E-state index is -3.45. The Balaban J connectivity index is 2.56. The number of rotatable bonds is 3. The minimum absolute atomic E-state index is 0.0696. The summed E-state index contributed by atoms with van der Waals surface area (Å²) in [5.41, 5.74) is 0.354. The molecule has 0 spiro atoms. The molecule has 6 nitrogen and oxygen atoms in total. The monoisotopic (exact) mass is 339 g/mol. The maximum atomic E-state index is 12.9. The van der Waals surface area contributed by atoms with Crippen LogP contribution < -0.4 is 0 Å². The van der Waals surface area contributed by atoms with Crippen LogP contribution in [0.1, 0.15) is 41.3 Å². The molecule has 2 rings (SSSR count). The van der Waals surface area contributed by atoms with E-state index in [-0.39, 0.29) is 10.5 Å². The number of aryl methyl sites for hydroxylation is 1. The summed E-state index contributed by atoms with van der Waals surface area (Å²) < 4.78 is 23.6. The van der Waals surface area contributed by atoms with Gasteiger partial charge in [-0.15, -0.1) is 0 Å². The third-order valence-electron chi connectivity index (χ3n) is 4.65. The molecule has 0 aromatic heterocycles. The van der Waals surface area contributed by atoms with Crippen molar-refractivity contribution >= 4 is 21.7 Å². The van der Waals surface area contributed by atoms with Gasteiger partial charge >= 0.3 is 5.97 Å². The second-order valence-corrected chi connectivity index (χ2v) is 8.34. The average molecular weight is 339 g/mol. The van der Waals surface area contributed by atoms with Crippen LogP contribution >= 0.6 is 0 Å². The Morgan fingerprint density at radius 3 is 2.39 bits per heavy atom. The molecular formula is C16H21NO5S. The number of carboxylic acids is 1. The van der Waals surface area contributed by atoms with Crippen LogP contribution in [0.2, 0.25) is 0 Å². The first-order valence-corrected chi connectivity index (χ1v) is 9.24. The van der Waals surface area contributed by atoms with Gasteiger partial charge in [0.2, 0.25) is 0 Å². The number of aliphatic carboxylic acids is 1. The van der Waals surface area contributed by atoms with E-state index in [2.05, 4.69) is 0 Å². The molecule has 1 amide bonds. The van der Waals surface area contributed by atoms with Crippen LogP contribution in [-0.4, -0.2) is 48.6 Å². The smallest absolute Gasteiger partial charge is 0.329 e. The van der Waals surface area contributed by atoms with Crippen LogP contribution in [0, 0.1) is 13.8 Å². The van der Waals surface area contributed by atoms with Gasteiger partial charge in [0.05, 0.1) is 4.90 Å². The van der Waals surface area contributed by atoms with Crippen molar-refractivity contribution < 1.29 is 23.1 Å². The minimum Gasteiger partial charge on any atom is -0.480 e. The van der Waals surface area contributed by atoms with Gasteiger partial charge in [-0.05, 0) is 56.9 Å². The van der Waals surface area contributed by atoms with Crippen LogP contribution in [0.25, 0.3) is 0 Å². The Morgan fingerprint density at radius 2 is 1.87 bits per heavy atom. The number of benzene rings is 1. The lowest BCUT2D eigenvalue weighted by atomic mass is 9.97. The summed E-state index contributed by atoms with van der Waals surface area (Å²) in [4.78, 5) is 25.9. The normalized spacial score (nSPS) is 21.5. The quantitative estimate of drug-likeness (QED) is 0.906. The number of carbonyl (C=O) groups excluding carboxylic acids is 1. The van der Waals surface area contributed by atoms with Crippen molar-refractivity contribution in [1.29, 1.82) is 0 Å². The number of hydrogen-bond acceptors (Lipinski definition) is 4. The first kappa shape index (κ1) is 17.5. The highest BCUT2D eigenvalue weighted by atomic mass is 32.2. The van der Waals surface area contributed by atoms with Gasteiger partial charge in [0.1, 0.15) is 5.54 Å². The molecule has 23 heavy (non-hydrogen) atoms. The summed E-state index contributed by atoms with van der Waals surface area (Å²) in [7, 11) is -3.45. The molecule has 0 radical (unpaired) electrons. The second kappa shape index (κ2) is 5.63. The summed E-state index contributed by atoms with van der Waals surface area (Å²) in [5.74, 6) is -1.48. The third kappa shape index (κ3) is 2.97. The standard InChI is InChI=1S/C16H21NO5S/c1-10-8-12(23(4,21)22)9-13(11(10)2)14(18)17-7-5-6-16(17,3)15(19)20/h8-9H,5-7H2,1-4H3,(H,19,20). The van der Waals surface area contributed by atoms with Crippen molar-refractivity contribution in [2.75, 3.05) is 12.8 Å². The number of likely N-dealkylation sites (tertiary alicyclic amines) is 1. The Labute approximate surface area is 136 Å². The molecule has 1 fully saturated rings. The Bertz CT molecular complexity index is 784. The van der Waals surface area contributed by atoms with Crippen LogP contribution in [0.5, 0.6) is 0 Å². The second-order valence-electron chi connectivity index (χ2n) is 6.32. The molecule has 1 aliphatic heterocycles. The molecular weight excluding hydrogens is 318 g/mol. The SMILES string of the molecule is Cc1cc(S(C)(=O)=O)cc(C(=O)N2CCCC2(C)C(=O)O)c1C. The van der Waals surface area contributed by atoms with E-state index in [1.807, 2.05) is 0 Å². The first-order valence-electron chi connectivity index (χ1n) is 7.35. The summed E-state index contributed by atoms with van der Waals surface area (Å²) in [6.07, 6.45) is 2.08. The molecule has 1 aliphatic rings. The predicted molar refractivity (Wildman–Crippen MR) is 85.3 cm³/mol. The number of hydrogen-bond donors (Lipinski definition) is 1. The van der Waals surface area contributed by atoms with Crippen molar-refractivity contribution in [3.63, 3.8) is 0 Å². The van der Waals surface area contributed by atoms with Crippen LogP contribution in [0.3, 0.4) is 0 Å². The zero-order valence-corrected chi connectivity index (χ0v) is 14.5. The van der Waals surface area contributed by atoms with Crippen molar-refractivity contribution in [3.8, 4) is 0 Å². The van der Waals surface area contributed by atoms with Gasteiger partial charge in [-0.1, -0.05) is 0 Å². The molecule has 1 unspecified atom stereocenters. The van der Waals surface area contributed by atoms with Gasteiger partial charge in [-0.25, -0.2) is 13.2 Å². The fourth-order valence-electron chi connectivity index (χ4n) is 2.92. The highest BCUT2D eigenvalue weighted by Crippen LogP contribution is 2.32. The van der Waals surface area contributed by atoms with Crippen LogP contribution in [0.4, 0.5) is 0 Å². The number of amides is 1. The zero-order valence-electron chi connectivity index (χ0n) is 13.7. The molecule has 0 aliphatic carbocycles. The molecule has 1 N–H and O–H groups in total. The van der Waals surface area contributed by atoms with Gasteiger partial charge in [0.25, 0.3) is 5.91 Å². The largest absolute Gasteiger partial charge is 0.480 e. The topological polar surface area (TPSA) is 91.8 Å². The van der Waals surface area contributed by atoms with E-state index in [0.29, 0.717) is 30.5 Å². The van der Waals surface area contributed by atoms with E-state index in [4.69, 9.17) is 0 Å². The van der Waals surface area contributed by atoms with Gasteiger partial charge in [-0.3, -0.25) is 4.79 Å². The molecule has 126 valence electrons. The summed E-state index contributed by atoms with van der Waals surface area (Å²) in [6, 6.07) is 2.88. The van der Waals surface area contributed by atoms with E-state index in [0.717, 1.165) is 6.26 Å². The van der Waals surface area contributed by atoms with Crippen molar-refractivity contribution in [3.05, 3.63) is 28.8 Å². The molecule has 7 heteroatoms. The van der Waals surface area contributed by atoms with Crippen molar-refractivity contribution in [2.45, 2.75) is 44.0 Å². The highest BCUT2D eigenvalue weighted by Gasteiger charge is 2.46. The molecule has 1 aromatic rings. The lowest BCUT2D eigenvalue weighted by Crippen LogP contribution is -2.51. The Hall–Kier alpha value is -1.89. The fraction of sp³-hybridized carbons (Fsp3) is 0.500. The molecule has 1 saturated heterocycles. The number of carboxylic acid groups (broad SMARTS) is 1. The summed E-state index contributed by atoms with van der Waals surface area (Å²) in [6.45, 7) is 5.36. The maximum Gasteiger partial charge on any atom is 0.329 e. The Morgan fingerprint density at radius 1 is 1.26 bits per heavy atom. The summed E-state index contributed by atoms with van der Waals surface area (Å²) in [5, 5.41) is 9.46. The number of carbonyl (C=O) groups is 2. The van der Waals surface area contributed by atoms with E-state index in [1.165, 1.54) is 24.0 Å². The first-order chi connectivity index (χ1) is 10.5. The van der Waals surface area contributed by atoms with E-state index in [9.17, 15) is 23.1 Å². The van der Waals surface area contributed by atoms with E-state index >= 15 is 0 Å². The average Bonchev–Trinajstić information content (AvgIpc) is 2.83. The predicted octanol–water partition coefficient (Wildman–Crippen LogP) is 1.79. The van der Waals surface area contributed by atoms with Gasteiger partial charge < -0.3 is 10.0 Å².